The summed E-state index contributed by atoms with van der Waals surface area (Å²) in [5.41, 5.74) is 2.23. The zero-order chi connectivity index (χ0) is 22.5. The normalized spacial score (nSPS) is 37.4. The highest BCUT2D eigenvalue weighted by atomic mass is 16.6. The minimum Gasteiger partial charge on any atom is -0.497 e. The van der Waals surface area contributed by atoms with Crippen molar-refractivity contribution in [2.24, 2.45) is 23.2 Å². The van der Waals surface area contributed by atoms with Crippen molar-refractivity contribution in [2.45, 2.75) is 45.3 Å². The van der Waals surface area contributed by atoms with E-state index in [1.165, 1.54) is 11.3 Å². The number of benzene rings is 1. The van der Waals surface area contributed by atoms with Crippen LogP contribution in [0.1, 0.15) is 33.1 Å². The smallest absolute Gasteiger partial charge is 0.311 e. The van der Waals surface area contributed by atoms with Crippen LogP contribution in [0.25, 0.3) is 0 Å². The molecular formula is C26H36N2O4. The molecule has 6 atom stereocenters. The van der Waals surface area contributed by atoms with Gasteiger partial charge in [0.2, 0.25) is 0 Å². The SMILES string of the molecule is COc1cccc(N2CCN(C[C@@H]3C(=O)O[C@@H]4CC5=CCC[C@H](C)[C@@]5(C)[C@@H](O)[C@H]34)CC2)c1. The summed E-state index contributed by atoms with van der Waals surface area (Å²) in [5, 5.41) is 11.6. The molecule has 0 unspecified atom stereocenters. The lowest BCUT2D eigenvalue weighted by Crippen LogP contribution is -2.55. The zero-order valence-electron chi connectivity index (χ0n) is 19.5. The number of allylic oxidation sites excluding steroid dienone is 1. The first-order valence-electron chi connectivity index (χ1n) is 12.1. The van der Waals surface area contributed by atoms with Crippen LogP contribution < -0.4 is 9.64 Å². The number of fused-ring (bicyclic) bond motifs is 2. The molecule has 2 heterocycles. The van der Waals surface area contributed by atoms with Crippen molar-refractivity contribution in [3.05, 3.63) is 35.9 Å². The standard InChI is InChI=1S/C26H36N2O4/c1-17-6-4-7-18-14-22-23(24(29)26(17,18)2)21(25(30)32-22)16-27-10-12-28(13-11-27)19-8-5-9-20(15-19)31-3/h5,7-9,15,17,21-24,29H,4,6,10-14,16H2,1-3H3/t17-,21-,22+,23+,24-,26+/m0/s1. The van der Waals surface area contributed by atoms with Gasteiger partial charge in [-0.25, -0.2) is 0 Å². The van der Waals surface area contributed by atoms with Gasteiger partial charge in [0.1, 0.15) is 11.9 Å². The molecule has 4 aliphatic rings. The second-order valence-electron chi connectivity index (χ2n) is 10.3. The van der Waals surface area contributed by atoms with Crippen LogP contribution in [0.3, 0.4) is 0 Å². The molecule has 0 spiro atoms. The maximum absolute atomic E-state index is 12.9. The van der Waals surface area contributed by atoms with Crippen LogP contribution in [0.15, 0.2) is 35.9 Å². The Morgan fingerprint density at radius 2 is 2.03 bits per heavy atom. The van der Waals surface area contributed by atoms with Gasteiger partial charge < -0.3 is 19.5 Å². The number of anilines is 1. The highest BCUT2D eigenvalue weighted by molar-refractivity contribution is 5.76. The summed E-state index contributed by atoms with van der Waals surface area (Å²) in [6, 6.07) is 8.18. The minimum absolute atomic E-state index is 0.110. The molecule has 1 aromatic carbocycles. The lowest BCUT2D eigenvalue weighted by Gasteiger charge is -2.52. The molecule has 32 heavy (non-hydrogen) atoms. The van der Waals surface area contributed by atoms with E-state index in [0.29, 0.717) is 12.5 Å². The Morgan fingerprint density at radius 1 is 1.25 bits per heavy atom. The Hall–Kier alpha value is -2.05. The number of carbonyl (C=O) groups excluding carboxylic acids is 1. The molecule has 3 fully saturated rings. The molecule has 0 amide bonds. The van der Waals surface area contributed by atoms with E-state index in [2.05, 4.69) is 41.9 Å². The molecule has 1 N–H and O–H groups in total. The fourth-order valence-corrected chi connectivity index (χ4v) is 6.55. The number of hydrogen-bond donors (Lipinski definition) is 1. The van der Waals surface area contributed by atoms with Crippen LogP contribution in [0.2, 0.25) is 0 Å². The summed E-state index contributed by atoms with van der Waals surface area (Å²) in [7, 11) is 1.69. The Kier molecular flexibility index (Phi) is 5.70. The fraction of sp³-hybridized carbons (Fsp3) is 0.654. The zero-order valence-corrected chi connectivity index (χ0v) is 19.5. The van der Waals surface area contributed by atoms with Gasteiger partial charge >= 0.3 is 5.97 Å². The molecule has 174 valence electrons. The van der Waals surface area contributed by atoms with E-state index in [4.69, 9.17) is 9.47 Å². The van der Waals surface area contributed by atoms with Crippen LogP contribution in [0, 0.1) is 23.2 Å². The molecule has 2 aliphatic carbocycles. The van der Waals surface area contributed by atoms with Crippen molar-refractivity contribution in [1.82, 2.24) is 4.90 Å². The lowest BCUT2D eigenvalue weighted by molar-refractivity contribution is -0.145. The number of esters is 1. The second kappa shape index (κ2) is 8.38. The van der Waals surface area contributed by atoms with E-state index in [-0.39, 0.29) is 29.3 Å². The molecule has 0 aromatic heterocycles. The second-order valence-corrected chi connectivity index (χ2v) is 10.3. The van der Waals surface area contributed by atoms with E-state index in [1.807, 2.05) is 12.1 Å². The van der Waals surface area contributed by atoms with Crippen LogP contribution in [-0.4, -0.2) is 68.0 Å². The van der Waals surface area contributed by atoms with Crippen LogP contribution >= 0.6 is 0 Å². The van der Waals surface area contributed by atoms with Crippen molar-refractivity contribution >= 4 is 11.7 Å². The number of rotatable bonds is 4. The number of methoxy groups -OCH3 is 1. The van der Waals surface area contributed by atoms with E-state index in [0.717, 1.165) is 51.2 Å². The maximum atomic E-state index is 12.9. The number of piperazine rings is 1. The third kappa shape index (κ3) is 3.52. The molecular weight excluding hydrogens is 404 g/mol. The van der Waals surface area contributed by atoms with Crippen molar-refractivity contribution in [3.63, 3.8) is 0 Å². The monoisotopic (exact) mass is 440 g/mol. The van der Waals surface area contributed by atoms with E-state index in [9.17, 15) is 9.90 Å². The molecule has 6 nitrogen and oxygen atoms in total. The van der Waals surface area contributed by atoms with E-state index < -0.39 is 6.10 Å². The van der Waals surface area contributed by atoms with Gasteiger partial charge in [-0.3, -0.25) is 9.69 Å². The average Bonchev–Trinajstić information content (AvgIpc) is 3.11. The maximum Gasteiger partial charge on any atom is 0.311 e. The van der Waals surface area contributed by atoms with Crippen LogP contribution in [0.5, 0.6) is 5.75 Å². The first-order chi connectivity index (χ1) is 15.4. The largest absolute Gasteiger partial charge is 0.497 e. The minimum atomic E-state index is -0.530. The Labute approximate surface area is 191 Å². The van der Waals surface area contributed by atoms with Gasteiger partial charge in [-0.15, -0.1) is 0 Å². The van der Waals surface area contributed by atoms with Gasteiger partial charge in [-0.1, -0.05) is 31.6 Å². The first kappa shape index (κ1) is 21.8. The third-order valence-electron chi connectivity index (χ3n) is 8.82. The quantitative estimate of drug-likeness (QED) is 0.574. The fourth-order valence-electron chi connectivity index (χ4n) is 6.55. The average molecular weight is 441 g/mol. The summed E-state index contributed by atoms with van der Waals surface area (Å²) >= 11 is 0. The topological polar surface area (TPSA) is 62.2 Å². The number of aliphatic hydroxyl groups is 1. The van der Waals surface area contributed by atoms with Gasteiger partial charge in [0, 0.05) is 62.2 Å². The predicted molar refractivity (Wildman–Crippen MR) is 124 cm³/mol. The molecule has 6 heteroatoms. The summed E-state index contributed by atoms with van der Waals surface area (Å²) in [4.78, 5) is 17.6. The summed E-state index contributed by atoms with van der Waals surface area (Å²) in [6.07, 6.45) is 4.53. The van der Waals surface area contributed by atoms with Gasteiger partial charge in [0.05, 0.1) is 19.1 Å². The molecule has 5 rings (SSSR count). The number of nitrogens with zero attached hydrogens (tertiary/aromatic N) is 2. The number of ether oxygens (including phenoxy) is 2. The first-order valence-corrected chi connectivity index (χ1v) is 12.1. The van der Waals surface area contributed by atoms with Gasteiger partial charge in [-0.05, 0) is 30.9 Å². The Bertz CT molecular complexity index is 894. The summed E-state index contributed by atoms with van der Waals surface area (Å²) < 4.78 is 11.2. The molecule has 2 saturated heterocycles. The number of hydrogen-bond acceptors (Lipinski definition) is 6. The van der Waals surface area contributed by atoms with Gasteiger partial charge in [0.25, 0.3) is 0 Å². The van der Waals surface area contributed by atoms with E-state index in [1.54, 1.807) is 7.11 Å². The lowest BCUT2D eigenvalue weighted by atomic mass is 9.55. The highest BCUT2D eigenvalue weighted by Gasteiger charge is 2.59. The van der Waals surface area contributed by atoms with Crippen LogP contribution in [-0.2, 0) is 9.53 Å². The van der Waals surface area contributed by atoms with Crippen molar-refractivity contribution in [3.8, 4) is 5.75 Å². The summed E-state index contributed by atoms with van der Waals surface area (Å²) in [5.74, 6) is 0.813. The van der Waals surface area contributed by atoms with Crippen LogP contribution in [0.4, 0.5) is 5.69 Å². The Balaban J connectivity index is 1.26. The predicted octanol–water partition coefficient (Wildman–Crippen LogP) is 3.10. The molecule has 0 bridgehead atoms. The number of aliphatic hydroxyl groups excluding tert-OH is 1. The molecule has 2 aliphatic heterocycles. The van der Waals surface area contributed by atoms with Gasteiger partial charge in [0.15, 0.2) is 0 Å². The van der Waals surface area contributed by atoms with Gasteiger partial charge in [-0.2, -0.15) is 0 Å². The molecule has 0 radical (unpaired) electrons. The Morgan fingerprint density at radius 3 is 2.78 bits per heavy atom. The van der Waals surface area contributed by atoms with Crippen molar-refractivity contribution < 1.29 is 19.4 Å². The molecule has 1 aromatic rings. The van der Waals surface area contributed by atoms with Crippen molar-refractivity contribution in [2.75, 3.05) is 44.7 Å². The summed E-state index contributed by atoms with van der Waals surface area (Å²) in [6.45, 7) is 8.74. The van der Waals surface area contributed by atoms with E-state index >= 15 is 0 Å². The number of carbonyl (C=O) groups is 1. The molecule has 1 saturated carbocycles. The third-order valence-corrected chi connectivity index (χ3v) is 8.82. The van der Waals surface area contributed by atoms with Crippen molar-refractivity contribution in [1.29, 1.82) is 0 Å². The highest BCUT2D eigenvalue weighted by Crippen LogP contribution is 2.56.